The predicted octanol–water partition coefficient (Wildman–Crippen LogP) is 4.73. The van der Waals surface area contributed by atoms with Gasteiger partial charge in [0.05, 0.1) is 17.9 Å². The Labute approximate surface area is 179 Å². The van der Waals surface area contributed by atoms with E-state index in [1.807, 2.05) is 38.1 Å². The van der Waals surface area contributed by atoms with Gasteiger partial charge in [0.2, 0.25) is 11.8 Å². The molecule has 3 rings (SSSR count). The molecule has 0 bridgehead atoms. The van der Waals surface area contributed by atoms with Crippen LogP contribution in [-0.2, 0) is 9.53 Å². The third-order valence-corrected chi connectivity index (χ3v) is 4.95. The molecule has 0 spiro atoms. The Morgan fingerprint density at radius 2 is 1.93 bits per heavy atom. The third kappa shape index (κ3) is 6.18. The smallest absolute Gasteiger partial charge is 0.338 e. The maximum Gasteiger partial charge on any atom is 0.338 e. The van der Waals surface area contributed by atoms with E-state index >= 15 is 0 Å². The summed E-state index contributed by atoms with van der Waals surface area (Å²) in [6, 6.07) is 14.4. The van der Waals surface area contributed by atoms with Gasteiger partial charge in [-0.1, -0.05) is 42.8 Å². The lowest BCUT2D eigenvalue weighted by Gasteiger charge is -2.06. The number of carbonyl (C=O) groups excluding carboxylic acids is 2. The number of amides is 1. The average molecular weight is 426 g/mol. The molecule has 0 aliphatic heterocycles. The number of rotatable bonds is 9. The number of ether oxygens (including phenoxy) is 1. The Bertz CT molecular complexity index is 1000. The van der Waals surface area contributed by atoms with E-state index in [4.69, 9.17) is 9.15 Å². The van der Waals surface area contributed by atoms with Gasteiger partial charge in [0.25, 0.3) is 5.22 Å². The van der Waals surface area contributed by atoms with Crippen molar-refractivity contribution < 1.29 is 18.7 Å². The zero-order chi connectivity index (χ0) is 21.3. The Hall–Kier alpha value is -3.13. The zero-order valence-electron chi connectivity index (χ0n) is 16.9. The van der Waals surface area contributed by atoms with Crippen molar-refractivity contribution >= 4 is 29.3 Å². The third-order valence-electron chi connectivity index (χ3n) is 4.13. The molecule has 2 aromatic carbocycles. The number of esters is 1. The zero-order valence-corrected chi connectivity index (χ0v) is 17.7. The van der Waals surface area contributed by atoms with Gasteiger partial charge in [0, 0.05) is 11.3 Å². The lowest BCUT2D eigenvalue weighted by molar-refractivity contribution is -0.113. The number of thioether (sulfide) groups is 1. The fraction of sp³-hybridized carbons (Fsp3) is 0.273. The van der Waals surface area contributed by atoms with Crippen LogP contribution in [0.5, 0.6) is 0 Å². The van der Waals surface area contributed by atoms with Crippen LogP contribution in [0.2, 0.25) is 0 Å². The van der Waals surface area contributed by atoms with Gasteiger partial charge in [0.1, 0.15) is 0 Å². The minimum Gasteiger partial charge on any atom is -0.462 e. The van der Waals surface area contributed by atoms with Gasteiger partial charge in [0.15, 0.2) is 0 Å². The summed E-state index contributed by atoms with van der Waals surface area (Å²) < 4.78 is 10.8. The summed E-state index contributed by atoms with van der Waals surface area (Å²) in [5, 5.41) is 11.1. The van der Waals surface area contributed by atoms with Crippen LogP contribution in [0, 0.1) is 6.92 Å². The summed E-state index contributed by atoms with van der Waals surface area (Å²) in [4.78, 5) is 24.1. The van der Waals surface area contributed by atoms with E-state index in [0.717, 1.165) is 35.7 Å². The van der Waals surface area contributed by atoms with E-state index in [1.54, 1.807) is 24.3 Å². The molecule has 0 radical (unpaired) electrons. The van der Waals surface area contributed by atoms with Crippen molar-refractivity contribution in [3.05, 3.63) is 59.7 Å². The average Bonchev–Trinajstić information content (AvgIpc) is 3.22. The second kappa shape index (κ2) is 10.6. The van der Waals surface area contributed by atoms with Crippen molar-refractivity contribution in [1.82, 2.24) is 10.2 Å². The molecule has 0 aliphatic rings. The summed E-state index contributed by atoms with van der Waals surface area (Å²) in [7, 11) is 0. The lowest BCUT2D eigenvalue weighted by atomic mass is 10.1. The first-order chi connectivity index (χ1) is 14.5. The summed E-state index contributed by atoms with van der Waals surface area (Å²) in [5.74, 6) is -0.0368. The second-order valence-corrected chi connectivity index (χ2v) is 7.57. The van der Waals surface area contributed by atoms with E-state index in [-0.39, 0.29) is 17.6 Å². The highest BCUT2D eigenvalue weighted by Gasteiger charge is 2.12. The maximum absolute atomic E-state index is 12.2. The fourth-order valence-electron chi connectivity index (χ4n) is 2.57. The highest BCUT2D eigenvalue weighted by atomic mass is 32.2. The quantitative estimate of drug-likeness (QED) is 0.301. The van der Waals surface area contributed by atoms with E-state index in [9.17, 15) is 9.59 Å². The van der Waals surface area contributed by atoms with Crippen molar-refractivity contribution in [2.75, 3.05) is 17.7 Å². The van der Waals surface area contributed by atoms with Gasteiger partial charge in [-0.15, -0.1) is 10.2 Å². The summed E-state index contributed by atoms with van der Waals surface area (Å²) in [5.41, 5.74) is 2.98. The van der Waals surface area contributed by atoms with Crippen molar-refractivity contribution in [2.45, 2.75) is 31.9 Å². The van der Waals surface area contributed by atoms with Crippen LogP contribution < -0.4 is 5.32 Å². The van der Waals surface area contributed by atoms with E-state index in [2.05, 4.69) is 15.5 Å². The first-order valence-electron chi connectivity index (χ1n) is 9.65. The highest BCUT2D eigenvalue weighted by Crippen LogP contribution is 2.24. The second-order valence-electron chi connectivity index (χ2n) is 6.65. The molecule has 0 unspecified atom stereocenters. The standard InChI is InChI=1S/C22H23N3O4S/c1-3-4-12-28-21(27)16-8-10-18(11-9-16)23-19(26)14-30-22-25-24-20(29-22)17-7-5-6-15(2)13-17/h5-11,13H,3-4,12,14H2,1-2H3,(H,23,26). The molecule has 8 heteroatoms. The first kappa shape index (κ1) is 21.6. The molecule has 156 valence electrons. The number of benzene rings is 2. The molecule has 0 atom stereocenters. The Balaban J connectivity index is 1.48. The minimum atomic E-state index is -0.363. The number of nitrogens with zero attached hydrogens (tertiary/aromatic N) is 2. The van der Waals surface area contributed by atoms with Crippen molar-refractivity contribution in [2.24, 2.45) is 0 Å². The van der Waals surface area contributed by atoms with E-state index in [1.165, 1.54) is 0 Å². The number of aryl methyl sites for hydroxylation is 1. The van der Waals surface area contributed by atoms with Gasteiger partial charge < -0.3 is 14.5 Å². The molecule has 1 heterocycles. The number of unbranched alkanes of at least 4 members (excludes halogenated alkanes) is 1. The Kier molecular flexibility index (Phi) is 7.62. The van der Waals surface area contributed by atoms with Crippen LogP contribution in [-0.4, -0.2) is 34.4 Å². The molecule has 0 fully saturated rings. The Morgan fingerprint density at radius 1 is 1.13 bits per heavy atom. The topological polar surface area (TPSA) is 94.3 Å². The largest absolute Gasteiger partial charge is 0.462 e. The van der Waals surface area contributed by atoms with Crippen molar-refractivity contribution in [1.29, 1.82) is 0 Å². The molecule has 1 N–H and O–H groups in total. The van der Waals surface area contributed by atoms with Gasteiger partial charge in [-0.25, -0.2) is 4.79 Å². The molecule has 7 nitrogen and oxygen atoms in total. The first-order valence-corrected chi connectivity index (χ1v) is 10.6. The fourth-order valence-corrected chi connectivity index (χ4v) is 3.13. The van der Waals surface area contributed by atoms with Gasteiger partial charge in [-0.05, 0) is 49.7 Å². The van der Waals surface area contributed by atoms with Crippen LogP contribution in [0.4, 0.5) is 5.69 Å². The molecule has 1 amide bonds. The number of anilines is 1. The van der Waals surface area contributed by atoms with E-state index in [0.29, 0.717) is 29.0 Å². The molecular weight excluding hydrogens is 402 g/mol. The number of nitrogens with one attached hydrogen (secondary N) is 1. The summed E-state index contributed by atoms with van der Waals surface area (Å²) in [6.45, 7) is 4.43. The van der Waals surface area contributed by atoms with Crippen LogP contribution in [0.15, 0.2) is 58.2 Å². The molecular formula is C22H23N3O4S. The summed E-state index contributed by atoms with van der Waals surface area (Å²) in [6.07, 6.45) is 1.80. The SMILES string of the molecule is CCCCOC(=O)c1ccc(NC(=O)CSc2nnc(-c3cccc(C)c3)o2)cc1. The normalized spacial score (nSPS) is 10.6. The number of carbonyl (C=O) groups is 2. The van der Waals surface area contributed by atoms with Crippen LogP contribution in [0.1, 0.15) is 35.7 Å². The van der Waals surface area contributed by atoms with Crippen LogP contribution in [0.25, 0.3) is 11.5 Å². The predicted molar refractivity (Wildman–Crippen MR) is 115 cm³/mol. The molecule has 0 saturated heterocycles. The molecule has 30 heavy (non-hydrogen) atoms. The van der Waals surface area contributed by atoms with Crippen LogP contribution in [0.3, 0.4) is 0 Å². The molecule has 0 aliphatic carbocycles. The number of hydrogen-bond donors (Lipinski definition) is 1. The monoisotopic (exact) mass is 425 g/mol. The number of hydrogen-bond acceptors (Lipinski definition) is 7. The van der Waals surface area contributed by atoms with Crippen molar-refractivity contribution in [3.8, 4) is 11.5 Å². The Morgan fingerprint density at radius 3 is 2.67 bits per heavy atom. The molecule has 1 aromatic heterocycles. The minimum absolute atomic E-state index is 0.121. The number of aromatic nitrogens is 2. The molecule has 3 aromatic rings. The van der Waals surface area contributed by atoms with Crippen LogP contribution >= 0.6 is 11.8 Å². The van der Waals surface area contributed by atoms with Gasteiger partial charge >= 0.3 is 5.97 Å². The van der Waals surface area contributed by atoms with Gasteiger partial charge in [-0.3, -0.25) is 4.79 Å². The molecule has 0 saturated carbocycles. The lowest BCUT2D eigenvalue weighted by Crippen LogP contribution is -2.14. The van der Waals surface area contributed by atoms with Crippen molar-refractivity contribution in [3.63, 3.8) is 0 Å². The van der Waals surface area contributed by atoms with E-state index < -0.39 is 0 Å². The maximum atomic E-state index is 12.2. The summed E-state index contributed by atoms with van der Waals surface area (Å²) >= 11 is 1.16. The highest BCUT2D eigenvalue weighted by molar-refractivity contribution is 7.99. The van der Waals surface area contributed by atoms with Gasteiger partial charge in [-0.2, -0.15) is 0 Å².